The van der Waals surface area contributed by atoms with Crippen molar-refractivity contribution in [2.75, 3.05) is 6.61 Å². The minimum atomic E-state index is -0.274. The van der Waals surface area contributed by atoms with E-state index in [9.17, 15) is 5.11 Å². The number of benzene rings is 1. The fourth-order valence-corrected chi connectivity index (χ4v) is 2.58. The summed E-state index contributed by atoms with van der Waals surface area (Å²) in [6.07, 6.45) is 2.07. The van der Waals surface area contributed by atoms with Crippen LogP contribution in [0, 0.1) is 0 Å². The lowest BCUT2D eigenvalue weighted by Crippen LogP contribution is -2.55. The molecule has 1 unspecified atom stereocenters. The number of nitrogens with one attached hydrogen (secondary N) is 1. The summed E-state index contributed by atoms with van der Waals surface area (Å²) in [7, 11) is 0. The summed E-state index contributed by atoms with van der Waals surface area (Å²) in [5.74, 6) is 0. The molecule has 0 bridgehead atoms. The maximum absolute atomic E-state index is 9.29. The zero-order valence-electron chi connectivity index (χ0n) is 11.8. The van der Waals surface area contributed by atoms with E-state index in [4.69, 9.17) is 23.2 Å². The maximum Gasteiger partial charge on any atom is 0.0654 e. The average Bonchev–Trinajstić information content (AvgIpc) is 2.37. The third-order valence-electron chi connectivity index (χ3n) is 3.52. The molecule has 0 saturated heterocycles. The zero-order valence-corrected chi connectivity index (χ0v) is 13.3. The summed E-state index contributed by atoms with van der Waals surface area (Å²) in [5.41, 5.74) is 1.86. The van der Waals surface area contributed by atoms with Gasteiger partial charge in [-0.05, 0) is 44.4 Å². The maximum atomic E-state index is 9.29. The molecule has 1 aliphatic rings. The van der Waals surface area contributed by atoms with E-state index in [1.165, 1.54) is 0 Å². The molecule has 1 aromatic rings. The summed E-state index contributed by atoms with van der Waals surface area (Å²) in [6.45, 7) is 4.65. The Morgan fingerprint density at radius 3 is 2.70 bits per heavy atom. The van der Waals surface area contributed by atoms with Crippen LogP contribution in [0.3, 0.4) is 0 Å². The predicted molar refractivity (Wildman–Crippen MR) is 84.9 cm³/mol. The van der Waals surface area contributed by atoms with Gasteiger partial charge in [0.2, 0.25) is 0 Å². The molecular formula is C15H20Cl2N2O. The molecule has 5 heteroatoms. The van der Waals surface area contributed by atoms with Crippen molar-refractivity contribution in [3.63, 3.8) is 0 Å². The van der Waals surface area contributed by atoms with Gasteiger partial charge in [0.25, 0.3) is 0 Å². The minimum absolute atomic E-state index is 0.111. The highest BCUT2D eigenvalue weighted by Gasteiger charge is 2.30. The van der Waals surface area contributed by atoms with E-state index >= 15 is 0 Å². The molecule has 1 aromatic carbocycles. The predicted octanol–water partition coefficient (Wildman–Crippen LogP) is 3.46. The van der Waals surface area contributed by atoms with E-state index < -0.39 is 0 Å². The van der Waals surface area contributed by atoms with E-state index in [1.54, 1.807) is 6.07 Å². The van der Waals surface area contributed by atoms with Crippen molar-refractivity contribution in [1.29, 1.82) is 0 Å². The molecule has 3 nitrogen and oxygen atoms in total. The lowest BCUT2D eigenvalue weighted by Gasteiger charge is -2.36. The van der Waals surface area contributed by atoms with Crippen LogP contribution in [0.2, 0.25) is 10.0 Å². The Hall–Kier alpha value is -0.610. The summed E-state index contributed by atoms with van der Waals surface area (Å²) in [4.78, 5) is 4.64. The molecule has 110 valence electrons. The first-order valence-electron chi connectivity index (χ1n) is 6.77. The molecule has 1 fully saturated rings. The fourth-order valence-electron chi connectivity index (χ4n) is 2.12. The normalized spacial score (nSPS) is 21.1. The lowest BCUT2D eigenvalue weighted by atomic mass is 9.87. The second-order valence-corrected chi connectivity index (χ2v) is 6.66. The van der Waals surface area contributed by atoms with Crippen molar-refractivity contribution in [3.05, 3.63) is 33.8 Å². The second kappa shape index (κ2) is 6.44. The monoisotopic (exact) mass is 314 g/mol. The van der Waals surface area contributed by atoms with Crippen LogP contribution in [0.5, 0.6) is 0 Å². The van der Waals surface area contributed by atoms with E-state index in [-0.39, 0.29) is 18.2 Å². The molecule has 1 aliphatic carbocycles. The third-order valence-corrected chi connectivity index (χ3v) is 4.11. The summed E-state index contributed by atoms with van der Waals surface area (Å²) in [5, 5.41) is 14.0. The molecule has 0 aliphatic heterocycles. The average molecular weight is 315 g/mol. The Morgan fingerprint density at radius 1 is 1.40 bits per heavy atom. The van der Waals surface area contributed by atoms with Gasteiger partial charge < -0.3 is 10.4 Å². The van der Waals surface area contributed by atoms with E-state index in [1.807, 2.05) is 26.0 Å². The van der Waals surface area contributed by atoms with Gasteiger partial charge in [0.05, 0.1) is 13.2 Å². The van der Waals surface area contributed by atoms with Crippen molar-refractivity contribution in [2.24, 2.45) is 4.99 Å². The number of aliphatic imine (C=N–C) groups is 1. The van der Waals surface area contributed by atoms with Crippen LogP contribution in [0.4, 0.5) is 0 Å². The molecule has 1 atom stereocenters. The van der Waals surface area contributed by atoms with E-state index in [0.717, 1.165) is 24.1 Å². The minimum Gasteiger partial charge on any atom is -0.394 e. The number of nitrogens with zero attached hydrogens (tertiary/aromatic N) is 1. The van der Waals surface area contributed by atoms with Crippen molar-refractivity contribution in [1.82, 2.24) is 5.32 Å². The Morgan fingerprint density at radius 2 is 2.15 bits per heavy atom. The van der Waals surface area contributed by atoms with Gasteiger partial charge in [-0.1, -0.05) is 29.3 Å². The second-order valence-electron chi connectivity index (χ2n) is 5.82. The highest BCUT2D eigenvalue weighted by molar-refractivity contribution is 6.35. The van der Waals surface area contributed by atoms with Crippen LogP contribution >= 0.6 is 23.2 Å². The van der Waals surface area contributed by atoms with Gasteiger partial charge in [0.1, 0.15) is 0 Å². The standard InChI is InChI=1S/C15H20Cl2N2O/c1-15(2,9-20)19-14-6-5-13(14)18-8-10-3-4-11(16)7-12(10)17/h3-4,7,14,19-20H,5-6,8-9H2,1-2H3. The van der Waals surface area contributed by atoms with Gasteiger partial charge in [-0.2, -0.15) is 0 Å². The highest BCUT2D eigenvalue weighted by Crippen LogP contribution is 2.24. The van der Waals surface area contributed by atoms with Crippen LogP contribution in [-0.2, 0) is 6.54 Å². The number of halogens is 2. The molecule has 2 rings (SSSR count). The summed E-state index contributed by atoms with van der Waals surface area (Å²) < 4.78 is 0. The first-order chi connectivity index (χ1) is 9.41. The highest BCUT2D eigenvalue weighted by atomic mass is 35.5. The Labute approximate surface area is 130 Å². The van der Waals surface area contributed by atoms with E-state index in [2.05, 4.69) is 10.3 Å². The Kier molecular flexibility index (Phi) is 5.08. The van der Waals surface area contributed by atoms with Crippen LogP contribution in [0.1, 0.15) is 32.3 Å². The van der Waals surface area contributed by atoms with Gasteiger partial charge in [0, 0.05) is 27.3 Å². The van der Waals surface area contributed by atoms with Gasteiger partial charge in [-0.15, -0.1) is 0 Å². The van der Waals surface area contributed by atoms with Crippen LogP contribution < -0.4 is 5.32 Å². The topological polar surface area (TPSA) is 44.6 Å². The van der Waals surface area contributed by atoms with Crippen LogP contribution in [0.15, 0.2) is 23.2 Å². The van der Waals surface area contributed by atoms with Crippen LogP contribution in [0.25, 0.3) is 0 Å². The van der Waals surface area contributed by atoms with Gasteiger partial charge >= 0.3 is 0 Å². The van der Waals surface area contributed by atoms with Crippen molar-refractivity contribution < 1.29 is 5.11 Å². The zero-order chi connectivity index (χ0) is 14.8. The smallest absolute Gasteiger partial charge is 0.0654 e. The summed E-state index contributed by atoms with van der Waals surface area (Å²) in [6, 6.07) is 5.74. The number of aliphatic hydroxyl groups excluding tert-OH is 1. The van der Waals surface area contributed by atoms with Crippen molar-refractivity contribution in [2.45, 2.75) is 44.8 Å². The van der Waals surface area contributed by atoms with Crippen LogP contribution in [-0.4, -0.2) is 29.0 Å². The van der Waals surface area contributed by atoms with Crippen molar-refractivity contribution in [3.8, 4) is 0 Å². The number of aliphatic hydroxyl groups is 1. The first kappa shape index (κ1) is 15.8. The summed E-state index contributed by atoms with van der Waals surface area (Å²) >= 11 is 12.0. The first-order valence-corrected chi connectivity index (χ1v) is 7.52. The molecule has 0 radical (unpaired) electrons. The third kappa shape index (κ3) is 3.95. The molecule has 0 amide bonds. The van der Waals surface area contributed by atoms with Gasteiger partial charge in [-0.25, -0.2) is 0 Å². The molecular weight excluding hydrogens is 295 g/mol. The number of rotatable bonds is 5. The largest absolute Gasteiger partial charge is 0.394 e. The molecule has 1 saturated carbocycles. The number of hydrogen-bond acceptors (Lipinski definition) is 3. The van der Waals surface area contributed by atoms with Gasteiger partial charge in [0.15, 0.2) is 0 Å². The SMILES string of the molecule is CC(C)(CO)NC1CCC1=NCc1ccc(Cl)cc1Cl. The quantitative estimate of drug-likeness (QED) is 0.874. The molecule has 0 spiro atoms. The Balaban J connectivity index is 1.98. The number of hydrogen-bond donors (Lipinski definition) is 2. The lowest BCUT2D eigenvalue weighted by molar-refractivity contribution is 0.178. The van der Waals surface area contributed by atoms with E-state index in [0.29, 0.717) is 16.6 Å². The van der Waals surface area contributed by atoms with Gasteiger partial charge in [-0.3, -0.25) is 4.99 Å². The van der Waals surface area contributed by atoms with Crippen molar-refractivity contribution >= 4 is 28.9 Å². The molecule has 0 heterocycles. The molecule has 0 aromatic heterocycles. The fraction of sp³-hybridized carbons (Fsp3) is 0.533. The molecule has 20 heavy (non-hydrogen) atoms. The molecule has 2 N–H and O–H groups in total. The Bertz CT molecular complexity index is 515.